The largest absolute Gasteiger partial charge is 0.333 e. The lowest BCUT2D eigenvalue weighted by Crippen LogP contribution is -2.49. The highest BCUT2D eigenvalue weighted by molar-refractivity contribution is 7.89. The number of urea groups is 1. The van der Waals surface area contributed by atoms with Gasteiger partial charge in [0, 0.05) is 31.7 Å². The molecule has 1 fully saturated rings. The van der Waals surface area contributed by atoms with Crippen molar-refractivity contribution in [3.8, 4) is 0 Å². The Kier molecular flexibility index (Phi) is 5.73. The van der Waals surface area contributed by atoms with Gasteiger partial charge in [0.25, 0.3) is 0 Å². The zero-order valence-corrected chi connectivity index (χ0v) is 16.0. The number of nitrogens with zero attached hydrogens (tertiary/aromatic N) is 2. The summed E-state index contributed by atoms with van der Waals surface area (Å²) in [5.74, 6) is -0.461. The van der Waals surface area contributed by atoms with Crippen LogP contribution < -0.4 is 5.32 Å². The van der Waals surface area contributed by atoms with Crippen LogP contribution in [0.2, 0.25) is 0 Å². The molecule has 0 aliphatic carbocycles. The van der Waals surface area contributed by atoms with E-state index in [-0.39, 0.29) is 23.0 Å². The van der Waals surface area contributed by atoms with Gasteiger partial charge in [-0.25, -0.2) is 17.6 Å². The summed E-state index contributed by atoms with van der Waals surface area (Å²) < 4.78 is 40.4. The average molecular weight is 371 g/mol. The van der Waals surface area contributed by atoms with Crippen LogP contribution >= 0.6 is 0 Å². The molecule has 8 heteroatoms. The van der Waals surface area contributed by atoms with E-state index in [2.05, 4.69) is 5.32 Å². The van der Waals surface area contributed by atoms with Gasteiger partial charge < -0.3 is 10.2 Å². The van der Waals surface area contributed by atoms with Gasteiger partial charge in [-0.05, 0) is 57.9 Å². The Hall–Kier alpha value is -1.67. The number of aryl methyl sites for hydroxylation is 1. The van der Waals surface area contributed by atoms with Gasteiger partial charge in [0.1, 0.15) is 5.82 Å². The van der Waals surface area contributed by atoms with Crippen LogP contribution in [0, 0.1) is 12.7 Å². The minimum Gasteiger partial charge on any atom is -0.333 e. The number of carbonyl (C=O) groups excluding carboxylic acids is 1. The van der Waals surface area contributed by atoms with Crippen molar-refractivity contribution in [1.29, 1.82) is 0 Å². The van der Waals surface area contributed by atoms with Crippen molar-refractivity contribution in [1.82, 2.24) is 14.5 Å². The number of nitrogens with one attached hydrogen (secondary N) is 1. The molecule has 0 spiro atoms. The maximum Gasteiger partial charge on any atom is 0.317 e. The molecule has 6 nitrogen and oxygen atoms in total. The Balaban J connectivity index is 2.13. The number of sulfonamides is 1. The molecule has 1 aromatic rings. The number of rotatable bonds is 2. The number of halogens is 1. The molecule has 0 radical (unpaired) electrons. The summed E-state index contributed by atoms with van der Waals surface area (Å²) in [7, 11) is -3.71. The molecule has 1 aromatic carbocycles. The molecule has 1 N–H and O–H groups in total. The predicted molar refractivity (Wildman–Crippen MR) is 94.4 cm³/mol. The number of hydrogen-bond acceptors (Lipinski definition) is 3. The van der Waals surface area contributed by atoms with E-state index in [9.17, 15) is 17.6 Å². The monoisotopic (exact) mass is 371 g/mol. The summed E-state index contributed by atoms with van der Waals surface area (Å²) in [5.41, 5.74) is 0.0342. The molecular weight excluding hydrogens is 345 g/mol. The van der Waals surface area contributed by atoms with Crippen molar-refractivity contribution in [3.63, 3.8) is 0 Å². The highest BCUT2D eigenvalue weighted by Crippen LogP contribution is 2.22. The Morgan fingerprint density at radius 1 is 1.16 bits per heavy atom. The lowest BCUT2D eigenvalue weighted by molar-refractivity contribution is 0.191. The minimum atomic E-state index is -3.71. The first-order valence-corrected chi connectivity index (χ1v) is 9.78. The molecule has 0 unspecified atom stereocenters. The van der Waals surface area contributed by atoms with Gasteiger partial charge in [-0.1, -0.05) is 0 Å². The van der Waals surface area contributed by atoms with E-state index in [0.717, 1.165) is 6.07 Å². The zero-order valence-electron chi connectivity index (χ0n) is 15.2. The van der Waals surface area contributed by atoms with Gasteiger partial charge in [-0.3, -0.25) is 0 Å². The van der Waals surface area contributed by atoms with Crippen LogP contribution in [0.1, 0.15) is 32.8 Å². The molecule has 1 aliphatic rings. The Bertz CT molecular complexity index is 744. The summed E-state index contributed by atoms with van der Waals surface area (Å²) in [6.07, 6.45) is 0.553. The third kappa shape index (κ3) is 4.92. The van der Waals surface area contributed by atoms with Crippen LogP contribution in [0.3, 0.4) is 0 Å². The molecule has 1 saturated heterocycles. The highest BCUT2D eigenvalue weighted by atomic mass is 32.2. The summed E-state index contributed by atoms with van der Waals surface area (Å²) in [6.45, 7) is 8.65. The van der Waals surface area contributed by atoms with E-state index in [1.165, 1.54) is 16.4 Å². The number of amides is 2. The fourth-order valence-electron chi connectivity index (χ4n) is 2.78. The van der Waals surface area contributed by atoms with E-state index >= 15 is 0 Å². The van der Waals surface area contributed by atoms with E-state index in [4.69, 9.17) is 0 Å². The SMILES string of the molecule is Cc1cc(F)ccc1S(=O)(=O)N1CCCN(C(=O)NC(C)(C)C)CC1. The normalized spacial score (nSPS) is 17.2. The summed E-state index contributed by atoms with van der Waals surface area (Å²) in [5, 5.41) is 2.89. The lowest BCUT2D eigenvalue weighted by atomic mass is 10.1. The van der Waals surface area contributed by atoms with Gasteiger partial charge in [0.2, 0.25) is 10.0 Å². The number of hydrogen-bond donors (Lipinski definition) is 1. The second-order valence-electron chi connectivity index (χ2n) is 7.33. The molecule has 2 rings (SSSR count). The third-order valence-corrected chi connectivity index (χ3v) is 6.04. The third-order valence-electron chi connectivity index (χ3n) is 3.98. The molecule has 0 aromatic heterocycles. The Morgan fingerprint density at radius 2 is 1.84 bits per heavy atom. The van der Waals surface area contributed by atoms with Gasteiger partial charge in [-0.2, -0.15) is 4.31 Å². The molecule has 0 bridgehead atoms. The van der Waals surface area contributed by atoms with E-state index < -0.39 is 15.8 Å². The molecule has 1 aliphatic heterocycles. The summed E-state index contributed by atoms with van der Waals surface area (Å²) in [6, 6.07) is 3.48. The lowest BCUT2D eigenvalue weighted by Gasteiger charge is -2.27. The van der Waals surface area contributed by atoms with Crippen molar-refractivity contribution in [2.75, 3.05) is 26.2 Å². The Labute approximate surface area is 149 Å². The van der Waals surface area contributed by atoms with Crippen LogP contribution in [-0.2, 0) is 10.0 Å². The first kappa shape index (κ1) is 19.7. The number of benzene rings is 1. The minimum absolute atomic E-state index is 0.112. The van der Waals surface area contributed by atoms with Crippen LogP contribution in [-0.4, -0.2) is 55.4 Å². The quantitative estimate of drug-likeness (QED) is 0.867. The van der Waals surface area contributed by atoms with E-state index in [1.54, 1.807) is 11.8 Å². The standard InChI is InChI=1S/C17H26FN3O3S/c1-13-12-14(18)6-7-15(13)25(23,24)21-9-5-8-20(10-11-21)16(22)19-17(2,3)4/h6-7,12H,5,8-11H2,1-4H3,(H,19,22). The maximum absolute atomic E-state index is 13.3. The smallest absolute Gasteiger partial charge is 0.317 e. The van der Waals surface area contributed by atoms with E-state index in [0.29, 0.717) is 31.6 Å². The van der Waals surface area contributed by atoms with Crippen LogP contribution in [0.15, 0.2) is 23.1 Å². The van der Waals surface area contributed by atoms with Gasteiger partial charge in [0.15, 0.2) is 0 Å². The van der Waals surface area contributed by atoms with Crippen LogP contribution in [0.25, 0.3) is 0 Å². The fraction of sp³-hybridized carbons (Fsp3) is 0.588. The second kappa shape index (κ2) is 7.29. The first-order valence-electron chi connectivity index (χ1n) is 8.34. The van der Waals surface area contributed by atoms with Gasteiger partial charge in [0.05, 0.1) is 4.90 Å². The molecule has 2 amide bonds. The van der Waals surface area contributed by atoms with Crippen molar-refractivity contribution in [2.45, 2.75) is 44.6 Å². The molecule has 0 atom stereocenters. The highest BCUT2D eigenvalue weighted by Gasteiger charge is 2.30. The van der Waals surface area contributed by atoms with Crippen molar-refractivity contribution >= 4 is 16.1 Å². The van der Waals surface area contributed by atoms with Crippen LogP contribution in [0.5, 0.6) is 0 Å². The van der Waals surface area contributed by atoms with Crippen molar-refractivity contribution in [2.24, 2.45) is 0 Å². The van der Waals surface area contributed by atoms with E-state index in [1.807, 2.05) is 20.8 Å². The molecule has 0 saturated carbocycles. The average Bonchev–Trinajstić information content (AvgIpc) is 2.71. The first-order chi connectivity index (χ1) is 11.5. The Morgan fingerprint density at radius 3 is 2.44 bits per heavy atom. The summed E-state index contributed by atoms with van der Waals surface area (Å²) in [4.78, 5) is 14.0. The second-order valence-corrected chi connectivity index (χ2v) is 9.24. The van der Waals surface area contributed by atoms with Crippen molar-refractivity contribution in [3.05, 3.63) is 29.6 Å². The molecule has 1 heterocycles. The fourth-order valence-corrected chi connectivity index (χ4v) is 4.45. The predicted octanol–water partition coefficient (Wildman–Crippen LogP) is 2.34. The summed E-state index contributed by atoms with van der Waals surface area (Å²) >= 11 is 0. The molecule has 140 valence electrons. The molecular formula is C17H26FN3O3S. The van der Waals surface area contributed by atoms with Gasteiger partial charge >= 0.3 is 6.03 Å². The topological polar surface area (TPSA) is 69.7 Å². The van der Waals surface area contributed by atoms with Crippen molar-refractivity contribution < 1.29 is 17.6 Å². The van der Waals surface area contributed by atoms with Crippen LogP contribution in [0.4, 0.5) is 9.18 Å². The van der Waals surface area contributed by atoms with Gasteiger partial charge in [-0.15, -0.1) is 0 Å². The zero-order chi connectivity index (χ0) is 18.8. The number of carbonyl (C=O) groups is 1. The molecule has 25 heavy (non-hydrogen) atoms. The maximum atomic E-state index is 13.3.